The summed E-state index contributed by atoms with van der Waals surface area (Å²) in [6.45, 7) is 4.71. The maximum atomic E-state index is 12.6. The Kier molecular flexibility index (Phi) is 4.61. The van der Waals surface area contributed by atoms with Gasteiger partial charge in [-0.1, -0.05) is 30.3 Å². The first-order chi connectivity index (χ1) is 11.9. The van der Waals surface area contributed by atoms with Crippen molar-refractivity contribution in [1.82, 2.24) is 14.7 Å². The lowest BCUT2D eigenvalue weighted by atomic mass is 9.80. The van der Waals surface area contributed by atoms with E-state index >= 15 is 0 Å². The molecule has 1 aliphatic rings. The average Bonchev–Trinajstić information content (AvgIpc) is 3.23. The van der Waals surface area contributed by atoms with Gasteiger partial charge >= 0.3 is 5.97 Å². The van der Waals surface area contributed by atoms with Gasteiger partial charge in [0, 0.05) is 25.3 Å². The molecule has 1 aromatic carbocycles. The Labute approximate surface area is 147 Å². The molecule has 0 bridgehead atoms. The summed E-state index contributed by atoms with van der Waals surface area (Å²) >= 11 is 0. The van der Waals surface area contributed by atoms with Gasteiger partial charge in [0.15, 0.2) is 0 Å². The van der Waals surface area contributed by atoms with Crippen LogP contribution >= 0.6 is 0 Å². The lowest BCUT2D eigenvalue weighted by molar-refractivity contribution is -0.143. The molecule has 6 nitrogen and oxygen atoms in total. The normalized spacial score (nSPS) is 20.2. The van der Waals surface area contributed by atoms with E-state index in [-0.39, 0.29) is 24.9 Å². The number of aromatic nitrogens is 2. The number of aliphatic carboxylic acids is 1. The number of carbonyl (C=O) groups is 2. The van der Waals surface area contributed by atoms with Crippen molar-refractivity contribution in [2.24, 2.45) is 0 Å². The second-order valence-electron chi connectivity index (χ2n) is 6.88. The highest BCUT2D eigenvalue weighted by Crippen LogP contribution is 2.35. The molecular weight excluding hydrogens is 318 g/mol. The van der Waals surface area contributed by atoms with Gasteiger partial charge in [0.25, 0.3) is 0 Å². The number of rotatable bonds is 5. The molecule has 0 radical (unpaired) electrons. The number of carbonyl (C=O) groups excluding carboxylic acids is 1. The molecule has 1 fully saturated rings. The van der Waals surface area contributed by atoms with Gasteiger partial charge in [0.1, 0.15) is 5.41 Å². The Hall–Kier alpha value is -2.63. The third kappa shape index (κ3) is 3.29. The Morgan fingerprint density at radius 3 is 2.56 bits per heavy atom. The summed E-state index contributed by atoms with van der Waals surface area (Å²) in [4.78, 5) is 26.2. The van der Waals surface area contributed by atoms with Crippen LogP contribution in [0.25, 0.3) is 0 Å². The van der Waals surface area contributed by atoms with E-state index in [9.17, 15) is 14.7 Å². The van der Waals surface area contributed by atoms with E-state index < -0.39 is 11.4 Å². The molecule has 3 rings (SSSR count). The maximum absolute atomic E-state index is 12.6. The molecule has 25 heavy (non-hydrogen) atoms. The summed E-state index contributed by atoms with van der Waals surface area (Å²) in [6, 6.07) is 11.3. The van der Waals surface area contributed by atoms with Crippen molar-refractivity contribution in [1.29, 1.82) is 0 Å². The van der Waals surface area contributed by atoms with E-state index in [2.05, 4.69) is 5.10 Å². The topological polar surface area (TPSA) is 75.4 Å². The number of carboxylic acids is 1. The third-order valence-corrected chi connectivity index (χ3v) is 4.88. The number of hydrogen-bond donors (Lipinski definition) is 1. The number of likely N-dealkylation sites (tertiary alicyclic amines) is 1. The zero-order chi connectivity index (χ0) is 18.0. The average molecular weight is 341 g/mol. The standard InChI is InChI=1S/C19H23N3O3/c1-14(2)22-10-8-16(20-22)12-17(23)21-11-9-19(13-21,18(24)25)15-6-4-3-5-7-15/h3-8,10,14H,9,11-13H2,1-2H3,(H,24,25). The van der Waals surface area contributed by atoms with Crippen molar-refractivity contribution in [3.63, 3.8) is 0 Å². The van der Waals surface area contributed by atoms with E-state index in [0.29, 0.717) is 18.7 Å². The quantitative estimate of drug-likeness (QED) is 0.905. The summed E-state index contributed by atoms with van der Waals surface area (Å²) in [6.07, 6.45) is 2.49. The van der Waals surface area contributed by atoms with Crippen molar-refractivity contribution < 1.29 is 14.7 Å². The van der Waals surface area contributed by atoms with Crippen LogP contribution < -0.4 is 0 Å². The zero-order valence-corrected chi connectivity index (χ0v) is 14.6. The van der Waals surface area contributed by atoms with Crippen LogP contribution in [0.3, 0.4) is 0 Å². The Morgan fingerprint density at radius 2 is 1.96 bits per heavy atom. The van der Waals surface area contributed by atoms with Crippen molar-refractivity contribution in [2.75, 3.05) is 13.1 Å². The van der Waals surface area contributed by atoms with Gasteiger partial charge in [0.2, 0.25) is 5.91 Å². The van der Waals surface area contributed by atoms with Crippen LogP contribution in [0.4, 0.5) is 0 Å². The Balaban J connectivity index is 1.74. The summed E-state index contributed by atoms with van der Waals surface area (Å²) in [5, 5.41) is 14.2. The highest BCUT2D eigenvalue weighted by Gasteiger charge is 2.47. The van der Waals surface area contributed by atoms with Crippen LogP contribution in [0.1, 0.15) is 37.6 Å². The van der Waals surface area contributed by atoms with Crippen LogP contribution in [-0.4, -0.2) is 44.8 Å². The molecular formula is C19H23N3O3. The monoisotopic (exact) mass is 341 g/mol. The van der Waals surface area contributed by atoms with Gasteiger partial charge in [-0.3, -0.25) is 14.3 Å². The molecule has 0 aliphatic carbocycles. The molecule has 132 valence electrons. The molecule has 2 aromatic rings. The Morgan fingerprint density at radius 1 is 1.24 bits per heavy atom. The van der Waals surface area contributed by atoms with E-state index in [4.69, 9.17) is 0 Å². The van der Waals surface area contributed by atoms with Gasteiger partial charge in [0.05, 0.1) is 12.1 Å². The van der Waals surface area contributed by atoms with E-state index in [1.807, 2.05) is 61.1 Å². The van der Waals surface area contributed by atoms with Crippen molar-refractivity contribution in [2.45, 2.75) is 38.1 Å². The molecule has 1 saturated heterocycles. The van der Waals surface area contributed by atoms with Crippen molar-refractivity contribution in [3.8, 4) is 0 Å². The fourth-order valence-corrected chi connectivity index (χ4v) is 3.34. The maximum Gasteiger partial charge on any atom is 0.316 e. The number of nitrogens with zero attached hydrogens (tertiary/aromatic N) is 3. The third-order valence-electron chi connectivity index (χ3n) is 4.88. The SMILES string of the molecule is CC(C)n1ccc(CC(=O)N2CCC(C(=O)O)(c3ccccc3)C2)n1. The van der Waals surface area contributed by atoms with Gasteiger partial charge < -0.3 is 10.0 Å². The molecule has 2 heterocycles. The largest absolute Gasteiger partial charge is 0.481 e. The minimum absolute atomic E-state index is 0.0759. The first-order valence-corrected chi connectivity index (χ1v) is 8.53. The fraction of sp³-hybridized carbons (Fsp3) is 0.421. The molecule has 0 spiro atoms. The summed E-state index contributed by atoms with van der Waals surface area (Å²) in [7, 11) is 0. The van der Waals surface area contributed by atoms with Crippen LogP contribution in [0, 0.1) is 0 Å². The predicted octanol–water partition coefficient (Wildman–Crippen LogP) is 2.26. The van der Waals surface area contributed by atoms with Crippen molar-refractivity contribution >= 4 is 11.9 Å². The number of benzene rings is 1. The first kappa shape index (κ1) is 17.2. The van der Waals surface area contributed by atoms with Crippen LogP contribution in [-0.2, 0) is 21.4 Å². The second-order valence-corrected chi connectivity index (χ2v) is 6.88. The smallest absolute Gasteiger partial charge is 0.316 e. The van der Waals surface area contributed by atoms with Gasteiger partial charge in [-0.05, 0) is 31.9 Å². The molecule has 1 unspecified atom stereocenters. The van der Waals surface area contributed by atoms with E-state index in [1.165, 1.54) is 0 Å². The zero-order valence-electron chi connectivity index (χ0n) is 14.6. The minimum atomic E-state index is -1.02. The van der Waals surface area contributed by atoms with E-state index in [1.54, 1.807) is 4.90 Å². The molecule has 1 aliphatic heterocycles. The summed E-state index contributed by atoms with van der Waals surface area (Å²) in [5.74, 6) is -0.953. The van der Waals surface area contributed by atoms with Crippen LogP contribution in [0.15, 0.2) is 42.6 Å². The van der Waals surface area contributed by atoms with Gasteiger partial charge in [-0.25, -0.2) is 0 Å². The van der Waals surface area contributed by atoms with Crippen LogP contribution in [0.5, 0.6) is 0 Å². The van der Waals surface area contributed by atoms with Gasteiger partial charge in [-0.15, -0.1) is 0 Å². The summed E-state index contributed by atoms with van der Waals surface area (Å²) < 4.78 is 1.82. The molecule has 1 N–H and O–H groups in total. The fourth-order valence-electron chi connectivity index (χ4n) is 3.34. The number of amides is 1. The molecule has 0 saturated carbocycles. The second kappa shape index (κ2) is 6.70. The molecule has 1 amide bonds. The van der Waals surface area contributed by atoms with Crippen molar-refractivity contribution in [3.05, 3.63) is 53.9 Å². The number of carboxylic acid groups (broad SMARTS) is 1. The number of hydrogen-bond acceptors (Lipinski definition) is 3. The highest BCUT2D eigenvalue weighted by atomic mass is 16.4. The minimum Gasteiger partial charge on any atom is -0.481 e. The lowest BCUT2D eigenvalue weighted by Crippen LogP contribution is -2.40. The Bertz CT molecular complexity index is 769. The highest BCUT2D eigenvalue weighted by molar-refractivity contribution is 5.85. The van der Waals surface area contributed by atoms with Gasteiger partial charge in [-0.2, -0.15) is 5.10 Å². The predicted molar refractivity (Wildman–Crippen MR) is 93.3 cm³/mol. The molecule has 1 atom stereocenters. The summed E-state index contributed by atoms with van der Waals surface area (Å²) in [5.41, 5.74) is 0.446. The molecule has 6 heteroatoms. The van der Waals surface area contributed by atoms with E-state index in [0.717, 1.165) is 5.56 Å². The first-order valence-electron chi connectivity index (χ1n) is 8.53. The van der Waals surface area contributed by atoms with Crippen LogP contribution in [0.2, 0.25) is 0 Å². The lowest BCUT2D eigenvalue weighted by Gasteiger charge is -2.25. The molecule has 1 aromatic heterocycles.